The smallest absolute Gasteiger partial charge is 0.234 e. The highest BCUT2D eigenvalue weighted by Gasteiger charge is 2.28. The summed E-state index contributed by atoms with van der Waals surface area (Å²) >= 11 is 0. The Morgan fingerprint density at radius 2 is 1.60 bits per heavy atom. The molecule has 0 saturated carbocycles. The summed E-state index contributed by atoms with van der Waals surface area (Å²) in [6.45, 7) is 2.15. The molecule has 3 aromatic carbocycles. The normalized spacial score (nSPS) is 11.4. The van der Waals surface area contributed by atoms with E-state index in [1.807, 2.05) is 31.2 Å². The molecule has 7 heteroatoms. The number of anilines is 1. The highest BCUT2D eigenvalue weighted by molar-refractivity contribution is 7.91. The molecule has 0 atom stereocenters. The Labute approximate surface area is 174 Å². The maximum absolute atomic E-state index is 13.2. The lowest BCUT2D eigenvalue weighted by atomic mass is 10.1. The van der Waals surface area contributed by atoms with Crippen molar-refractivity contribution in [2.24, 2.45) is 0 Å². The van der Waals surface area contributed by atoms with Gasteiger partial charge in [0.2, 0.25) is 26.6 Å². The fourth-order valence-corrected chi connectivity index (χ4v) is 4.32. The van der Waals surface area contributed by atoms with Crippen LogP contribution in [0.4, 0.5) is 10.3 Å². The second-order valence-electron chi connectivity index (χ2n) is 6.76. The van der Waals surface area contributed by atoms with Crippen molar-refractivity contribution in [3.05, 3.63) is 95.8 Å². The summed E-state index contributed by atoms with van der Waals surface area (Å²) in [4.78, 5) is 4.46. The van der Waals surface area contributed by atoms with E-state index < -0.39 is 9.84 Å². The van der Waals surface area contributed by atoms with Gasteiger partial charge in [0, 0.05) is 12.1 Å². The second kappa shape index (κ2) is 8.12. The molecule has 4 rings (SSSR count). The van der Waals surface area contributed by atoms with Crippen LogP contribution in [0.15, 0.2) is 93.2 Å². The fourth-order valence-electron chi connectivity index (χ4n) is 3.02. The first-order valence-electron chi connectivity index (χ1n) is 9.30. The third-order valence-corrected chi connectivity index (χ3v) is 6.32. The number of benzene rings is 3. The van der Waals surface area contributed by atoms with Crippen LogP contribution in [-0.4, -0.2) is 13.4 Å². The summed E-state index contributed by atoms with van der Waals surface area (Å²) in [7, 11) is -3.91. The van der Waals surface area contributed by atoms with Gasteiger partial charge >= 0.3 is 0 Å². The summed E-state index contributed by atoms with van der Waals surface area (Å²) < 4.78 is 45.5. The number of nitrogens with one attached hydrogen (secondary N) is 1. The van der Waals surface area contributed by atoms with Crippen LogP contribution < -0.4 is 5.32 Å². The molecule has 5 nitrogen and oxygen atoms in total. The molecule has 0 saturated heterocycles. The number of oxazole rings is 1. The minimum atomic E-state index is -3.91. The average Bonchev–Trinajstić information content (AvgIpc) is 3.19. The summed E-state index contributed by atoms with van der Waals surface area (Å²) in [5, 5.41) is 2.82. The third-order valence-electron chi connectivity index (χ3n) is 4.65. The Balaban J connectivity index is 1.77. The molecule has 1 aromatic heterocycles. The predicted molar refractivity (Wildman–Crippen MR) is 112 cm³/mol. The Morgan fingerprint density at radius 1 is 0.933 bits per heavy atom. The van der Waals surface area contributed by atoms with Gasteiger partial charge in [-0.25, -0.2) is 12.8 Å². The molecule has 0 unspecified atom stereocenters. The summed E-state index contributed by atoms with van der Waals surface area (Å²) in [6, 6.07) is 21.5. The first-order valence-corrected chi connectivity index (χ1v) is 10.8. The number of aromatic nitrogens is 1. The van der Waals surface area contributed by atoms with Gasteiger partial charge in [-0.1, -0.05) is 48.5 Å². The van der Waals surface area contributed by atoms with Gasteiger partial charge in [-0.2, -0.15) is 4.98 Å². The van der Waals surface area contributed by atoms with Gasteiger partial charge in [-0.05, 0) is 48.4 Å². The van der Waals surface area contributed by atoms with E-state index >= 15 is 0 Å². The highest BCUT2D eigenvalue weighted by Crippen LogP contribution is 2.33. The van der Waals surface area contributed by atoms with E-state index in [1.165, 1.54) is 24.3 Å². The van der Waals surface area contributed by atoms with Crippen molar-refractivity contribution in [3.8, 4) is 11.5 Å². The Hall–Kier alpha value is -3.45. The molecule has 0 aliphatic carbocycles. The maximum atomic E-state index is 13.2. The maximum Gasteiger partial charge on any atom is 0.234 e. The zero-order valence-corrected chi connectivity index (χ0v) is 17.0. The molecule has 0 spiro atoms. The average molecular weight is 422 g/mol. The van der Waals surface area contributed by atoms with Gasteiger partial charge in [-0.3, -0.25) is 0 Å². The third kappa shape index (κ3) is 3.97. The summed E-state index contributed by atoms with van der Waals surface area (Å²) in [5.41, 5.74) is 2.39. The summed E-state index contributed by atoms with van der Waals surface area (Å²) in [5.74, 6) is -0.0850. The predicted octanol–water partition coefficient (Wildman–Crippen LogP) is 5.23. The minimum Gasteiger partial charge on any atom is -0.419 e. The van der Waals surface area contributed by atoms with Gasteiger partial charge < -0.3 is 9.73 Å². The van der Waals surface area contributed by atoms with Gasteiger partial charge in [0.1, 0.15) is 5.82 Å². The van der Waals surface area contributed by atoms with Crippen molar-refractivity contribution in [3.63, 3.8) is 0 Å². The SMILES string of the molecule is Cc1ccccc1-c1nc(S(=O)(=O)c2ccccc2)c(NCc2ccc(F)cc2)o1. The zero-order valence-electron chi connectivity index (χ0n) is 16.2. The number of rotatable bonds is 6. The van der Waals surface area contributed by atoms with Crippen LogP contribution in [0, 0.1) is 12.7 Å². The Kier molecular flexibility index (Phi) is 5.37. The van der Waals surface area contributed by atoms with Crippen molar-refractivity contribution in [2.45, 2.75) is 23.4 Å². The van der Waals surface area contributed by atoms with Crippen molar-refractivity contribution in [1.29, 1.82) is 0 Å². The standard InChI is InChI=1S/C23H19FN2O3S/c1-16-7-5-6-10-20(16)21-26-23(30(27,28)19-8-3-2-4-9-19)22(29-21)25-15-17-11-13-18(24)14-12-17/h2-14,25H,15H2,1H3. The van der Waals surface area contributed by atoms with Crippen LogP contribution in [0.3, 0.4) is 0 Å². The van der Waals surface area contributed by atoms with Crippen molar-refractivity contribution < 1.29 is 17.2 Å². The van der Waals surface area contributed by atoms with E-state index in [4.69, 9.17) is 4.42 Å². The topological polar surface area (TPSA) is 72.2 Å². The Morgan fingerprint density at radius 3 is 2.30 bits per heavy atom. The van der Waals surface area contributed by atoms with Gasteiger partial charge in [0.05, 0.1) is 4.90 Å². The number of nitrogens with zero attached hydrogens (tertiary/aromatic N) is 1. The van der Waals surface area contributed by atoms with E-state index in [-0.39, 0.29) is 34.1 Å². The molecule has 0 aliphatic rings. The van der Waals surface area contributed by atoms with Crippen LogP contribution in [-0.2, 0) is 16.4 Å². The van der Waals surface area contributed by atoms with E-state index in [0.717, 1.165) is 11.1 Å². The molecular formula is C23H19FN2O3S. The molecule has 152 valence electrons. The fraction of sp³-hybridized carbons (Fsp3) is 0.0870. The van der Waals surface area contributed by atoms with Crippen molar-refractivity contribution in [2.75, 3.05) is 5.32 Å². The quantitative estimate of drug-likeness (QED) is 0.460. The molecule has 1 heterocycles. The number of hydrogen-bond donors (Lipinski definition) is 1. The van der Waals surface area contributed by atoms with Crippen molar-refractivity contribution >= 4 is 15.7 Å². The van der Waals surface area contributed by atoms with E-state index in [2.05, 4.69) is 10.3 Å². The number of hydrogen-bond acceptors (Lipinski definition) is 5. The van der Waals surface area contributed by atoms with Gasteiger partial charge in [0.25, 0.3) is 0 Å². The number of aryl methyl sites for hydroxylation is 1. The van der Waals surface area contributed by atoms with Gasteiger partial charge in [-0.15, -0.1) is 0 Å². The van der Waals surface area contributed by atoms with Crippen LogP contribution >= 0.6 is 0 Å². The van der Waals surface area contributed by atoms with Crippen LogP contribution in [0.25, 0.3) is 11.5 Å². The van der Waals surface area contributed by atoms with Crippen LogP contribution in [0.1, 0.15) is 11.1 Å². The number of halogens is 1. The molecular weight excluding hydrogens is 403 g/mol. The van der Waals surface area contributed by atoms with Crippen LogP contribution in [0.5, 0.6) is 0 Å². The molecule has 0 aliphatic heterocycles. The second-order valence-corrected chi connectivity index (χ2v) is 8.63. The van der Waals surface area contributed by atoms with Crippen molar-refractivity contribution in [1.82, 2.24) is 4.98 Å². The lowest BCUT2D eigenvalue weighted by Crippen LogP contribution is -2.07. The van der Waals surface area contributed by atoms with E-state index in [9.17, 15) is 12.8 Å². The minimum absolute atomic E-state index is 0.0430. The molecule has 0 fully saturated rings. The molecule has 0 bridgehead atoms. The zero-order chi connectivity index (χ0) is 21.1. The first kappa shape index (κ1) is 19.8. The lowest BCUT2D eigenvalue weighted by molar-refractivity contribution is 0.576. The number of sulfone groups is 1. The molecule has 1 N–H and O–H groups in total. The first-order chi connectivity index (χ1) is 14.4. The van der Waals surface area contributed by atoms with E-state index in [0.29, 0.717) is 5.56 Å². The monoisotopic (exact) mass is 422 g/mol. The molecule has 0 amide bonds. The molecule has 4 aromatic rings. The highest BCUT2D eigenvalue weighted by atomic mass is 32.2. The van der Waals surface area contributed by atoms with E-state index in [1.54, 1.807) is 30.3 Å². The molecule has 0 radical (unpaired) electrons. The van der Waals surface area contributed by atoms with Crippen LogP contribution in [0.2, 0.25) is 0 Å². The largest absolute Gasteiger partial charge is 0.419 e. The lowest BCUT2D eigenvalue weighted by Gasteiger charge is -2.06. The Bertz CT molecular complexity index is 1270. The van der Waals surface area contributed by atoms with Gasteiger partial charge in [0.15, 0.2) is 0 Å². The summed E-state index contributed by atoms with van der Waals surface area (Å²) in [6.07, 6.45) is 0. The molecule has 30 heavy (non-hydrogen) atoms.